The van der Waals surface area contributed by atoms with Crippen molar-refractivity contribution in [3.8, 4) is 0 Å². The van der Waals surface area contributed by atoms with Gasteiger partial charge in [0.15, 0.2) is 0 Å². The van der Waals surface area contributed by atoms with Crippen molar-refractivity contribution in [1.29, 1.82) is 0 Å². The third-order valence-electron chi connectivity index (χ3n) is 4.71. The number of aryl methyl sites for hydroxylation is 1. The van der Waals surface area contributed by atoms with E-state index in [1.54, 1.807) is 11.8 Å². The zero-order valence-corrected chi connectivity index (χ0v) is 12.1. The summed E-state index contributed by atoms with van der Waals surface area (Å²) in [6, 6.07) is 8.21. The molecule has 2 aliphatic rings. The van der Waals surface area contributed by atoms with Crippen molar-refractivity contribution in [2.24, 2.45) is 5.41 Å². The van der Waals surface area contributed by atoms with E-state index in [0.29, 0.717) is 5.41 Å². The number of thioether (sulfide) groups is 1. The van der Waals surface area contributed by atoms with E-state index in [0.717, 1.165) is 17.7 Å². The number of hydrogen-bond acceptors (Lipinski definition) is 2. The Morgan fingerprint density at radius 2 is 1.74 bits per heavy atom. The van der Waals surface area contributed by atoms with Gasteiger partial charge in [-0.05, 0) is 50.2 Å². The molecule has 19 heavy (non-hydrogen) atoms. The summed E-state index contributed by atoms with van der Waals surface area (Å²) in [5, 5.41) is 9.62. The maximum atomic E-state index is 11.7. The Labute approximate surface area is 118 Å². The fourth-order valence-electron chi connectivity index (χ4n) is 3.74. The standard InChI is InChI=1S/C16H20O2S/c1-12-4-6-13(7-5-12)19-16(14(17)18)10-15(11-16)8-2-3-9-15/h4-7H,2-3,8-11H2,1H3,(H,17,18). The molecule has 0 amide bonds. The van der Waals surface area contributed by atoms with Crippen molar-refractivity contribution in [2.75, 3.05) is 0 Å². The number of aliphatic carboxylic acids is 1. The molecule has 102 valence electrons. The van der Waals surface area contributed by atoms with Crippen LogP contribution >= 0.6 is 11.8 Å². The lowest BCUT2D eigenvalue weighted by atomic mass is 9.60. The largest absolute Gasteiger partial charge is 0.480 e. The van der Waals surface area contributed by atoms with Crippen LogP contribution in [-0.2, 0) is 4.79 Å². The summed E-state index contributed by atoms with van der Waals surface area (Å²) in [5.74, 6) is -0.629. The van der Waals surface area contributed by atoms with Crippen LogP contribution in [0.4, 0.5) is 0 Å². The van der Waals surface area contributed by atoms with E-state index in [-0.39, 0.29) is 0 Å². The first-order valence-corrected chi connectivity index (χ1v) is 7.85. The predicted molar refractivity (Wildman–Crippen MR) is 77.5 cm³/mol. The Balaban J connectivity index is 1.76. The van der Waals surface area contributed by atoms with Crippen molar-refractivity contribution in [3.63, 3.8) is 0 Å². The van der Waals surface area contributed by atoms with Crippen LogP contribution < -0.4 is 0 Å². The van der Waals surface area contributed by atoms with Crippen molar-refractivity contribution in [2.45, 2.75) is 55.1 Å². The maximum Gasteiger partial charge on any atom is 0.320 e. The first-order chi connectivity index (χ1) is 9.04. The molecular weight excluding hydrogens is 256 g/mol. The molecule has 1 aromatic rings. The van der Waals surface area contributed by atoms with Crippen LogP contribution in [-0.4, -0.2) is 15.8 Å². The Hall–Kier alpha value is -0.960. The van der Waals surface area contributed by atoms with Crippen molar-refractivity contribution < 1.29 is 9.90 Å². The molecule has 0 unspecified atom stereocenters. The van der Waals surface area contributed by atoms with Crippen LogP contribution in [0.25, 0.3) is 0 Å². The number of benzene rings is 1. The van der Waals surface area contributed by atoms with Gasteiger partial charge in [0.25, 0.3) is 0 Å². The smallest absolute Gasteiger partial charge is 0.320 e. The van der Waals surface area contributed by atoms with E-state index in [1.165, 1.54) is 31.2 Å². The number of hydrogen-bond donors (Lipinski definition) is 1. The van der Waals surface area contributed by atoms with Gasteiger partial charge in [-0.2, -0.15) is 0 Å². The molecule has 3 heteroatoms. The lowest BCUT2D eigenvalue weighted by Gasteiger charge is -2.52. The molecule has 2 fully saturated rings. The zero-order valence-electron chi connectivity index (χ0n) is 11.3. The van der Waals surface area contributed by atoms with Gasteiger partial charge >= 0.3 is 5.97 Å². The Bertz CT molecular complexity index is 478. The lowest BCUT2D eigenvalue weighted by Crippen LogP contribution is -2.53. The molecule has 0 bridgehead atoms. The van der Waals surface area contributed by atoms with E-state index >= 15 is 0 Å². The molecular formula is C16H20O2S. The van der Waals surface area contributed by atoms with Gasteiger partial charge in [-0.3, -0.25) is 4.79 Å². The SMILES string of the molecule is Cc1ccc(SC2(C(=O)O)CC3(CCCC3)C2)cc1. The molecule has 2 aliphatic carbocycles. The fourth-order valence-corrected chi connectivity index (χ4v) is 5.30. The molecule has 3 rings (SSSR count). The quantitative estimate of drug-likeness (QED) is 0.896. The molecule has 0 saturated heterocycles. The molecule has 0 atom stereocenters. The van der Waals surface area contributed by atoms with Crippen LogP contribution in [0, 0.1) is 12.3 Å². The maximum absolute atomic E-state index is 11.7. The normalized spacial score (nSPS) is 23.2. The van der Waals surface area contributed by atoms with Crippen molar-refractivity contribution in [3.05, 3.63) is 29.8 Å². The number of carbonyl (C=O) groups is 1. The Morgan fingerprint density at radius 1 is 1.16 bits per heavy atom. The minimum absolute atomic E-state index is 0.357. The second-order valence-corrected chi connectivity index (χ2v) is 7.73. The molecule has 1 spiro atoms. The highest BCUT2D eigenvalue weighted by Crippen LogP contribution is 2.64. The lowest BCUT2D eigenvalue weighted by molar-refractivity contribution is -0.146. The van der Waals surface area contributed by atoms with E-state index in [4.69, 9.17) is 0 Å². The summed E-state index contributed by atoms with van der Waals surface area (Å²) in [6.45, 7) is 2.05. The summed E-state index contributed by atoms with van der Waals surface area (Å²) < 4.78 is -0.570. The van der Waals surface area contributed by atoms with Crippen LogP contribution in [0.3, 0.4) is 0 Å². The molecule has 0 heterocycles. The first-order valence-electron chi connectivity index (χ1n) is 7.03. The van der Waals surface area contributed by atoms with Crippen molar-refractivity contribution >= 4 is 17.7 Å². The highest BCUT2D eigenvalue weighted by Gasteiger charge is 2.60. The molecule has 2 nitrogen and oxygen atoms in total. The van der Waals surface area contributed by atoms with Gasteiger partial charge in [0.05, 0.1) is 0 Å². The zero-order chi connectivity index (χ0) is 13.5. The van der Waals surface area contributed by atoms with Crippen LogP contribution in [0.15, 0.2) is 29.2 Å². The van der Waals surface area contributed by atoms with Crippen molar-refractivity contribution in [1.82, 2.24) is 0 Å². The van der Waals surface area contributed by atoms with Gasteiger partial charge in [-0.25, -0.2) is 0 Å². The summed E-state index contributed by atoms with van der Waals surface area (Å²) in [6.07, 6.45) is 6.74. The minimum Gasteiger partial charge on any atom is -0.480 e. The van der Waals surface area contributed by atoms with E-state index in [9.17, 15) is 9.90 Å². The van der Waals surface area contributed by atoms with E-state index < -0.39 is 10.7 Å². The average Bonchev–Trinajstić information content (AvgIpc) is 2.80. The Kier molecular flexibility index (Phi) is 3.12. The third-order valence-corrected chi connectivity index (χ3v) is 6.07. The molecule has 0 radical (unpaired) electrons. The van der Waals surface area contributed by atoms with Crippen LogP contribution in [0.1, 0.15) is 44.1 Å². The van der Waals surface area contributed by atoms with Gasteiger partial charge in [0.2, 0.25) is 0 Å². The molecule has 1 aromatic carbocycles. The highest BCUT2D eigenvalue weighted by molar-refractivity contribution is 8.01. The van der Waals surface area contributed by atoms with Gasteiger partial charge in [0, 0.05) is 4.90 Å². The summed E-state index contributed by atoms with van der Waals surface area (Å²) in [4.78, 5) is 12.8. The van der Waals surface area contributed by atoms with Crippen LogP contribution in [0.2, 0.25) is 0 Å². The summed E-state index contributed by atoms with van der Waals surface area (Å²) >= 11 is 1.56. The van der Waals surface area contributed by atoms with Gasteiger partial charge < -0.3 is 5.11 Å². The van der Waals surface area contributed by atoms with Gasteiger partial charge in [0.1, 0.15) is 4.75 Å². The third kappa shape index (κ3) is 2.29. The molecule has 2 saturated carbocycles. The van der Waals surface area contributed by atoms with Gasteiger partial charge in [-0.15, -0.1) is 11.8 Å². The van der Waals surface area contributed by atoms with Gasteiger partial charge in [-0.1, -0.05) is 30.5 Å². The molecule has 0 aliphatic heterocycles. The number of carboxylic acid groups (broad SMARTS) is 1. The predicted octanol–water partition coefficient (Wildman–Crippen LogP) is 4.26. The average molecular weight is 276 g/mol. The summed E-state index contributed by atoms with van der Waals surface area (Å²) in [5.41, 5.74) is 1.57. The summed E-state index contributed by atoms with van der Waals surface area (Å²) in [7, 11) is 0. The van der Waals surface area contributed by atoms with E-state index in [2.05, 4.69) is 19.1 Å². The fraction of sp³-hybridized carbons (Fsp3) is 0.562. The topological polar surface area (TPSA) is 37.3 Å². The minimum atomic E-state index is -0.629. The second-order valence-electron chi connectivity index (χ2n) is 6.28. The van der Waals surface area contributed by atoms with E-state index in [1.807, 2.05) is 12.1 Å². The monoisotopic (exact) mass is 276 g/mol. The first kappa shape index (κ1) is 13.0. The molecule has 1 N–H and O–H groups in total. The number of carboxylic acids is 1. The van der Waals surface area contributed by atoms with Crippen LogP contribution in [0.5, 0.6) is 0 Å². The highest BCUT2D eigenvalue weighted by atomic mass is 32.2. The number of rotatable bonds is 3. The molecule has 0 aromatic heterocycles. The second kappa shape index (κ2) is 4.55. The Morgan fingerprint density at radius 3 is 2.26 bits per heavy atom.